The van der Waals surface area contributed by atoms with Crippen LogP contribution in [-0.2, 0) is 29.3 Å². The van der Waals surface area contributed by atoms with Crippen molar-refractivity contribution in [3.8, 4) is 23.3 Å². The SMILES string of the molecule is Cc1c2cccc1C(=O)NCCN1CCNC(=O)c3cccc(c3O)C(=O)NCCNCCNCC(CCCCNC(=O)CCCCCCC(=O)NCc3ccc(C(=O)NCc4ccc(COc5nccc(N)n5)cc4)cc3)NC(=O)c3cccc(c3O)C(=O)NCCN(CCNC(=O)c3cccc(c3O)C(=O)NCCNCCNCCNC2=O)CC1. The van der Waals surface area contributed by atoms with E-state index in [0.29, 0.717) is 139 Å². The lowest BCUT2D eigenvalue weighted by atomic mass is 10.0. The second-order valence-corrected chi connectivity index (χ2v) is 29.5. The van der Waals surface area contributed by atoms with E-state index in [1.807, 2.05) is 34.1 Å². The van der Waals surface area contributed by atoms with Crippen LogP contribution in [0.15, 0.2) is 134 Å². The van der Waals surface area contributed by atoms with E-state index < -0.39 is 64.6 Å². The van der Waals surface area contributed by atoms with Gasteiger partial charge in [0.15, 0.2) is 0 Å². The number of hydrogen-bond donors (Lipinski definition) is 19. The lowest BCUT2D eigenvalue weighted by Gasteiger charge is -2.28. The number of nitrogens with two attached hydrogens (primary N) is 1. The lowest BCUT2D eigenvalue weighted by Crippen LogP contribution is -2.46. The first-order valence-electron chi connectivity index (χ1n) is 41.5. The van der Waals surface area contributed by atoms with Gasteiger partial charge in [0.25, 0.3) is 53.2 Å². The second-order valence-electron chi connectivity index (χ2n) is 29.5. The van der Waals surface area contributed by atoms with Gasteiger partial charge in [0.1, 0.15) is 29.7 Å². The summed E-state index contributed by atoms with van der Waals surface area (Å²) in [7, 11) is 0. The summed E-state index contributed by atoms with van der Waals surface area (Å²) < 4.78 is 5.60. The van der Waals surface area contributed by atoms with Crippen LogP contribution < -0.4 is 90.2 Å². The molecule has 3 heterocycles. The van der Waals surface area contributed by atoms with Crippen molar-refractivity contribution in [1.82, 2.24) is 99.5 Å². The van der Waals surface area contributed by atoms with Crippen molar-refractivity contribution in [3.05, 3.63) is 206 Å². The van der Waals surface area contributed by atoms with E-state index in [2.05, 4.69) is 89.7 Å². The van der Waals surface area contributed by atoms with Gasteiger partial charge >= 0.3 is 6.01 Å². The van der Waals surface area contributed by atoms with Crippen LogP contribution in [0.2, 0.25) is 0 Å². The Morgan fingerprint density at radius 3 is 1.25 bits per heavy atom. The van der Waals surface area contributed by atoms with Crippen LogP contribution in [-0.4, -0.2) is 250 Å². The maximum absolute atomic E-state index is 14.2. The minimum atomic E-state index is -0.695. The number of carbonyl (C=O) groups is 11. The Bertz CT molecular complexity index is 4670. The number of fused-ring (bicyclic) bond motifs is 11. The Morgan fingerprint density at radius 2 is 0.795 bits per heavy atom. The summed E-state index contributed by atoms with van der Waals surface area (Å²) in [5.41, 5.74) is 9.05. The van der Waals surface area contributed by atoms with E-state index in [9.17, 15) is 68.1 Å². The van der Waals surface area contributed by atoms with E-state index in [1.54, 1.807) is 55.5 Å². The number of ether oxygens (including phenoxy) is 1. The minimum Gasteiger partial charge on any atom is -0.506 e. The van der Waals surface area contributed by atoms with Crippen LogP contribution >= 0.6 is 0 Å². The third-order valence-electron chi connectivity index (χ3n) is 20.5. The molecule has 3 unspecified atom stereocenters. The van der Waals surface area contributed by atoms with E-state index in [1.165, 1.54) is 60.8 Å². The number of rotatable bonds is 20. The number of phenolic OH excluding ortho intramolecular Hbond substituents is 3. The number of aromatic hydroxyl groups is 3. The zero-order valence-corrected chi connectivity index (χ0v) is 68.9. The molecule has 10 bridgehead atoms. The maximum atomic E-state index is 14.2. The van der Waals surface area contributed by atoms with Gasteiger partial charge in [0.05, 0.1) is 33.4 Å². The third kappa shape index (κ3) is 30.9. The van der Waals surface area contributed by atoms with Crippen molar-refractivity contribution in [2.45, 2.75) is 90.4 Å². The summed E-state index contributed by atoms with van der Waals surface area (Å²) in [4.78, 5) is 161. The number of nitrogen functional groups attached to an aromatic ring is 1. The van der Waals surface area contributed by atoms with Gasteiger partial charge in [-0.05, 0) is 128 Å². The Balaban J connectivity index is 0.775. The predicted molar refractivity (Wildman–Crippen MR) is 459 cm³/mol. The van der Waals surface area contributed by atoms with Crippen molar-refractivity contribution in [2.24, 2.45) is 0 Å². The zero-order chi connectivity index (χ0) is 86.8. The van der Waals surface area contributed by atoms with E-state index in [-0.39, 0.29) is 160 Å². The molecule has 0 aliphatic carbocycles. The molecule has 3 atom stereocenters. The Hall–Kier alpha value is -12.7. The summed E-state index contributed by atoms with van der Waals surface area (Å²) in [6, 6.07) is 33.6. The topological polar surface area (TPSA) is 496 Å². The van der Waals surface area contributed by atoms with Crippen LogP contribution in [0.3, 0.4) is 0 Å². The number of para-hydroxylation sites is 3. The maximum Gasteiger partial charge on any atom is 0.318 e. The molecule has 0 fully saturated rings. The van der Waals surface area contributed by atoms with Gasteiger partial charge in [-0.2, -0.15) is 4.98 Å². The number of anilines is 1. The third-order valence-corrected chi connectivity index (χ3v) is 20.5. The van der Waals surface area contributed by atoms with Crippen LogP contribution in [0.25, 0.3) is 0 Å². The van der Waals surface area contributed by atoms with Crippen LogP contribution in [0.4, 0.5) is 5.82 Å². The molecule has 2 aliphatic rings. The highest BCUT2D eigenvalue weighted by Gasteiger charge is 2.26. The molecule has 0 saturated carbocycles. The fourth-order valence-electron chi connectivity index (χ4n) is 13.5. The number of hydrogen-bond acceptors (Lipinski definition) is 24. The molecule has 652 valence electrons. The average molecular weight is 1680 g/mol. The summed E-state index contributed by atoms with van der Waals surface area (Å²) in [5, 5.41) is 79.2. The fraction of sp³-hybridized carbons (Fsp3) is 0.414. The van der Waals surface area contributed by atoms with Gasteiger partial charge in [-0.1, -0.05) is 73.5 Å². The van der Waals surface area contributed by atoms with Gasteiger partial charge in [-0.15, -0.1) is 0 Å². The molecule has 0 spiro atoms. The molecular weight excluding hydrogens is 1570 g/mol. The first-order chi connectivity index (χ1) is 59.2. The van der Waals surface area contributed by atoms with Crippen LogP contribution in [0.5, 0.6) is 23.3 Å². The predicted octanol–water partition coefficient (Wildman–Crippen LogP) is 2.23. The van der Waals surface area contributed by atoms with E-state index in [4.69, 9.17) is 10.5 Å². The number of benzene rings is 6. The minimum absolute atomic E-state index is 0.00181. The molecule has 0 saturated heterocycles. The molecule has 35 heteroatoms. The summed E-state index contributed by atoms with van der Waals surface area (Å²) in [5.74, 6) is -6.41. The number of carbonyl (C=O) groups excluding carboxylic acids is 11. The molecule has 11 amide bonds. The number of nitrogens with one attached hydrogen (secondary N) is 15. The summed E-state index contributed by atoms with van der Waals surface area (Å²) >= 11 is 0. The molecule has 0 radical (unpaired) electrons. The standard InChI is InChI=1S/C87H114N20O15/c1-58-64-13-8-14-65(58)80(115)97-44-48-106-49-45-98-83(118)69-18-10-16-67(76(69)111)82(117)96-43-40-91-36-37-92-56-63(12-6-7-32-93-73(108)21-4-2-3-5-22-74(109)102-54-60-27-29-62(30-28-60)78(113)103-55-59-23-25-61(26-24-59)57-122-87-101-33-31-72(88)105-87)104-86(121)71-20-11-19-70(77(71)112)85(120)100-47-51-107(53-52-106)50-46-99-84(119)68-17-9-15-66(75(68)110)81(116)95-42-39-90-35-34-89-38-41-94-79(64)114/h8-11,13-20,23-31,33,63,89-92,110-112H,2-7,12,21-22,32,34-57H2,1H3,(H,93,108)(H,94,114)(H,95,116)(H,96,117)(H,97,115)(H,98,118)(H,99,119)(H,100,120)(H,102,109)(H,103,113)(H,104,121)(H2,88,101,105). The molecule has 7 aromatic rings. The summed E-state index contributed by atoms with van der Waals surface area (Å²) in [6.45, 7) is 8.34. The highest BCUT2D eigenvalue weighted by atomic mass is 16.5. The van der Waals surface area contributed by atoms with Crippen molar-refractivity contribution >= 4 is 70.8 Å². The van der Waals surface area contributed by atoms with Crippen LogP contribution in [0, 0.1) is 6.92 Å². The van der Waals surface area contributed by atoms with Gasteiger partial charge in [-0.3, -0.25) is 62.5 Å². The van der Waals surface area contributed by atoms with Crippen molar-refractivity contribution < 1.29 is 72.8 Å². The molecule has 6 aromatic carbocycles. The quantitative estimate of drug-likeness (QED) is 0.0487. The number of amides is 11. The zero-order valence-electron chi connectivity index (χ0n) is 68.9. The van der Waals surface area contributed by atoms with Gasteiger partial charge in [0.2, 0.25) is 11.8 Å². The summed E-state index contributed by atoms with van der Waals surface area (Å²) in [6.07, 6.45) is 6.57. The Kier molecular flexibility index (Phi) is 38.5. The molecule has 1 aromatic heterocycles. The number of unbranched alkanes of at least 4 members (excludes halogenated alkanes) is 4. The number of nitrogens with zero attached hydrogens (tertiary/aromatic N) is 4. The molecule has 2 aliphatic heterocycles. The molecule has 35 nitrogen and oxygen atoms in total. The second kappa shape index (κ2) is 50.4. The van der Waals surface area contributed by atoms with Gasteiger partial charge in [-0.25, -0.2) is 4.98 Å². The highest BCUT2D eigenvalue weighted by molar-refractivity contribution is 6.06. The van der Waals surface area contributed by atoms with E-state index >= 15 is 0 Å². The largest absolute Gasteiger partial charge is 0.506 e. The van der Waals surface area contributed by atoms with E-state index in [0.717, 1.165) is 29.5 Å². The van der Waals surface area contributed by atoms with Gasteiger partial charge < -0.3 is 106 Å². The van der Waals surface area contributed by atoms with Crippen molar-refractivity contribution in [3.63, 3.8) is 0 Å². The fourth-order valence-corrected chi connectivity index (χ4v) is 13.5. The Morgan fingerprint density at radius 1 is 0.418 bits per heavy atom. The molecule has 9 rings (SSSR count). The van der Waals surface area contributed by atoms with Crippen molar-refractivity contribution in [1.29, 1.82) is 0 Å². The van der Waals surface area contributed by atoms with Crippen molar-refractivity contribution in [2.75, 3.05) is 150 Å². The molecule has 122 heavy (non-hydrogen) atoms. The Labute approximate surface area is 709 Å². The first-order valence-corrected chi connectivity index (χ1v) is 41.5. The lowest BCUT2D eigenvalue weighted by molar-refractivity contribution is -0.122. The molecule has 20 N–H and O–H groups in total. The smallest absolute Gasteiger partial charge is 0.318 e. The normalized spacial score (nSPS) is 17.5. The number of aromatic nitrogens is 2. The highest BCUT2D eigenvalue weighted by Crippen LogP contribution is 2.26. The average Bonchev–Trinajstić information content (AvgIpc) is 0.839. The molecular formula is C87H114N20O15. The first kappa shape index (κ1) is 93.2. The van der Waals surface area contributed by atoms with Crippen LogP contribution in [0.1, 0.15) is 173 Å². The monoisotopic (exact) mass is 1680 g/mol. The number of phenols is 3. The van der Waals surface area contributed by atoms with Gasteiger partial charge in [0, 0.05) is 199 Å².